The van der Waals surface area contributed by atoms with Crippen molar-refractivity contribution >= 4 is 23.4 Å². The summed E-state index contributed by atoms with van der Waals surface area (Å²) in [6.07, 6.45) is 3.34. The highest BCUT2D eigenvalue weighted by Gasteiger charge is 2.15. The van der Waals surface area contributed by atoms with E-state index in [1.807, 2.05) is 36.6 Å². The smallest absolute Gasteiger partial charge is 0.274 e. The number of carbonyl (C=O) groups excluding carboxylic acids is 1. The van der Waals surface area contributed by atoms with E-state index in [0.717, 1.165) is 5.56 Å². The van der Waals surface area contributed by atoms with E-state index in [-0.39, 0.29) is 23.7 Å². The maximum absolute atomic E-state index is 12.5. The van der Waals surface area contributed by atoms with E-state index >= 15 is 0 Å². The monoisotopic (exact) mass is 355 g/mol. The maximum Gasteiger partial charge on any atom is 0.274 e. The molecule has 0 bridgehead atoms. The zero-order valence-electron chi connectivity index (χ0n) is 13.7. The lowest BCUT2D eigenvalue weighted by Crippen LogP contribution is -2.28. The molecule has 7 nitrogen and oxygen atoms in total. The Morgan fingerprint density at radius 3 is 2.80 bits per heavy atom. The van der Waals surface area contributed by atoms with Crippen molar-refractivity contribution in [3.8, 4) is 0 Å². The largest absolute Gasteiger partial charge is 0.315 e. The highest BCUT2D eigenvalue weighted by Crippen LogP contribution is 2.10. The van der Waals surface area contributed by atoms with Crippen molar-refractivity contribution < 1.29 is 4.79 Å². The van der Waals surface area contributed by atoms with E-state index in [9.17, 15) is 9.59 Å². The van der Waals surface area contributed by atoms with Gasteiger partial charge in [0.25, 0.3) is 11.3 Å². The normalized spacial score (nSPS) is 10.8. The number of nitrogens with one attached hydrogen (secondary N) is 1. The van der Waals surface area contributed by atoms with Crippen LogP contribution in [0, 0.1) is 0 Å². The number of rotatable bonds is 6. The van der Waals surface area contributed by atoms with E-state index in [1.165, 1.54) is 33.4 Å². The molecule has 2 heterocycles. The summed E-state index contributed by atoms with van der Waals surface area (Å²) in [4.78, 5) is 34.7. The molecule has 0 aliphatic carbocycles. The molecule has 0 saturated heterocycles. The second kappa shape index (κ2) is 7.35. The predicted molar refractivity (Wildman–Crippen MR) is 96.3 cm³/mol. The van der Waals surface area contributed by atoms with Crippen LogP contribution in [0.5, 0.6) is 0 Å². The number of aromatic nitrogens is 4. The summed E-state index contributed by atoms with van der Waals surface area (Å²) >= 11 is 1.38. The van der Waals surface area contributed by atoms with Gasteiger partial charge in [0.15, 0.2) is 5.16 Å². The number of H-pyrrole nitrogens is 1. The van der Waals surface area contributed by atoms with E-state index in [1.54, 1.807) is 0 Å². The average molecular weight is 355 g/mol. The third kappa shape index (κ3) is 3.80. The number of aromatic amines is 1. The number of hydrogen-bond donors (Lipinski definition) is 1. The number of carbonyl (C=O) groups is 1. The first kappa shape index (κ1) is 17.0. The fourth-order valence-electron chi connectivity index (χ4n) is 2.38. The topological polar surface area (TPSA) is 83.4 Å². The molecule has 0 spiro atoms. The fraction of sp³-hybridized carbons (Fsp3) is 0.176. The zero-order chi connectivity index (χ0) is 17.8. The van der Waals surface area contributed by atoms with E-state index < -0.39 is 0 Å². The van der Waals surface area contributed by atoms with Crippen LogP contribution in [0.2, 0.25) is 0 Å². The van der Waals surface area contributed by atoms with Gasteiger partial charge >= 0.3 is 0 Å². The van der Waals surface area contributed by atoms with Crippen molar-refractivity contribution in [1.29, 1.82) is 0 Å². The summed E-state index contributed by atoms with van der Waals surface area (Å²) in [5.74, 6) is 0.0728. The molecule has 8 heteroatoms. The molecule has 2 aromatic heterocycles. The molecule has 0 unspecified atom stereocenters. The van der Waals surface area contributed by atoms with Gasteiger partial charge in [0, 0.05) is 6.07 Å². The Morgan fingerprint density at radius 2 is 2.12 bits per heavy atom. The van der Waals surface area contributed by atoms with Gasteiger partial charge in [-0.1, -0.05) is 48.7 Å². The van der Waals surface area contributed by atoms with Crippen LogP contribution in [0.15, 0.2) is 59.1 Å². The average Bonchev–Trinajstić information content (AvgIpc) is 3.04. The molecule has 0 atom stereocenters. The first-order chi connectivity index (χ1) is 12.1. The Bertz CT molecular complexity index is 964. The third-order valence-corrected chi connectivity index (χ3v) is 4.19. The van der Waals surface area contributed by atoms with Crippen molar-refractivity contribution in [2.24, 2.45) is 0 Å². The SMILES string of the molecule is C=CN(Cc1ccccc1)C(=O)Cc1cc(=O)n2[nH]c(SC)nc2n1. The van der Waals surface area contributed by atoms with Gasteiger partial charge < -0.3 is 4.90 Å². The van der Waals surface area contributed by atoms with Crippen LogP contribution in [0.4, 0.5) is 0 Å². The number of benzene rings is 1. The predicted octanol–water partition coefficient (Wildman–Crippen LogP) is 1.85. The summed E-state index contributed by atoms with van der Waals surface area (Å²) < 4.78 is 1.26. The number of nitrogens with zero attached hydrogens (tertiary/aromatic N) is 4. The van der Waals surface area contributed by atoms with Crippen LogP contribution in [0.1, 0.15) is 11.3 Å². The van der Waals surface area contributed by atoms with E-state index in [2.05, 4.69) is 21.6 Å². The second-order valence-electron chi connectivity index (χ2n) is 5.32. The van der Waals surface area contributed by atoms with Crippen LogP contribution >= 0.6 is 11.8 Å². The van der Waals surface area contributed by atoms with Crippen molar-refractivity contribution in [1.82, 2.24) is 24.5 Å². The van der Waals surface area contributed by atoms with Gasteiger partial charge in [-0.05, 0) is 18.0 Å². The lowest BCUT2D eigenvalue weighted by atomic mass is 10.2. The molecule has 3 rings (SSSR count). The molecule has 1 aromatic carbocycles. The summed E-state index contributed by atoms with van der Waals surface area (Å²) in [5, 5.41) is 3.43. The first-order valence-electron chi connectivity index (χ1n) is 7.59. The Morgan fingerprint density at radius 1 is 1.36 bits per heavy atom. The number of hydrogen-bond acceptors (Lipinski definition) is 5. The summed E-state index contributed by atoms with van der Waals surface area (Å²) in [7, 11) is 0. The molecule has 128 valence electrons. The summed E-state index contributed by atoms with van der Waals surface area (Å²) in [5.41, 5.74) is 1.08. The van der Waals surface area contributed by atoms with Gasteiger partial charge in [-0.2, -0.15) is 9.50 Å². The number of fused-ring (bicyclic) bond motifs is 1. The van der Waals surface area contributed by atoms with E-state index in [4.69, 9.17) is 0 Å². The molecular weight excluding hydrogens is 338 g/mol. The van der Waals surface area contributed by atoms with Crippen LogP contribution in [-0.2, 0) is 17.8 Å². The zero-order valence-corrected chi connectivity index (χ0v) is 14.5. The van der Waals surface area contributed by atoms with Gasteiger partial charge in [0.2, 0.25) is 5.91 Å². The molecule has 25 heavy (non-hydrogen) atoms. The fourth-order valence-corrected chi connectivity index (χ4v) is 2.74. The summed E-state index contributed by atoms with van der Waals surface area (Å²) in [6.45, 7) is 4.12. The molecule has 0 aliphatic heterocycles. The van der Waals surface area contributed by atoms with Gasteiger partial charge in [-0.15, -0.1) is 0 Å². The van der Waals surface area contributed by atoms with Gasteiger partial charge in [0.05, 0.1) is 18.7 Å². The minimum absolute atomic E-state index is 0.00601. The molecule has 0 aliphatic rings. The van der Waals surface area contributed by atoms with E-state index in [0.29, 0.717) is 17.4 Å². The molecule has 0 fully saturated rings. The Balaban J connectivity index is 1.80. The number of thioether (sulfide) groups is 1. The Hall–Kier alpha value is -2.87. The van der Waals surface area contributed by atoms with Crippen LogP contribution in [0.25, 0.3) is 5.78 Å². The van der Waals surface area contributed by atoms with Crippen LogP contribution in [-0.4, -0.2) is 36.6 Å². The van der Waals surface area contributed by atoms with Gasteiger partial charge in [-0.3, -0.25) is 14.7 Å². The number of amides is 1. The molecule has 0 radical (unpaired) electrons. The van der Waals surface area contributed by atoms with Crippen LogP contribution in [0.3, 0.4) is 0 Å². The minimum atomic E-state index is -0.297. The minimum Gasteiger partial charge on any atom is -0.315 e. The molecule has 1 amide bonds. The van der Waals surface area contributed by atoms with Crippen molar-refractivity contribution in [3.63, 3.8) is 0 Å². The standard InChI is InChI=1S/C17H17N5O2S/c1-3-21(11-12-7-5-4-6-8-12)14(23)9-13-10-15(24)22-16(18-13)19-17(20-22)25-2/h3-8,10H,1,9,11H2,2H3,(H,18,19,20). The molecule has 3 aromatic rings. The quantitative estimate of drug-likeness (QED) is 0.682. The van der Waals surface area contributed by atoms with Crippen molar-refractivity contribution in [3.05, 3.63) is 70.8 Å². The lowest BCUT2D eigenvalue weighted by Gasteiger charge is -2.17. The van der Waals surface area contributed by atoms with Crippen molar-refractivity contribution in [2.75, 3.05) is 6.26 Å². The second-order valence-corrected chi connectivity index (χ2v) is 6.12. The molecule has 1 N–H and O–H groups in total. The lowest BCUT2D eigenvalue weighted by molar-refractivity contribution is -0.128. The summed E-state index contributed by atoms with van der Waals surface area (Å²) in [6, 6.07) is 11.0. The van der Waals surface area contributed by atoms with Gasteiger partial charge in [-0.25, -0.2) is 4.98 Å². The van der Waals surface area contributed by atoms with Crippen LogP contribution < -0.4 is 5.56 Å². The van der Waals surface area contributed by atoms with Crippen molar-refractivity contribution in [2.45, 2.75) is 18.1 Å². The molecular formula is C17H17N5O2S. The highest BCUT2D eigenvalue weighted by atomic mass is 32.2. The first-order valence-corrected chi connectivity index (χ1v) is 8.82. The van der Waals surface area contributed by atoms with Gasteiger partial charge in [0.1, 0.15) is 0 Å². The molecule has 0 saturated carbocycles. The Labute approximate surface area is 148 Å². The maximum atomic E-state index is 12.5. The Kier molecular flexibility index (Phi) is 4.99. The highest BCUT2D eigenvalue weighted by molar-refractivity contribution is 7.98. The third-order valence-electron chi connectivity index (χ3n) is 3.63.